The minimum Gasteiger partial charge on any atom is -0.480 e. The van der Waals surface area contributed by atoms with E-state index in [9.17, 15) is 9.59 Å². The van der Waals surface area contributed by atoms with E-state index in [1.807, 2.05) is 16.8 Å². The van der Waals surface area contributed by atoms with Gasteiger partial charge in [0.25, 0.3) is 0 Å². The van der Waals surface area contributed by atoms with Crippen LogP contribution in [-0.4, -0.2) is 41.2 Å². The second-order valence-corrected chi connectivity index (χ2v) is 5.78. The molecule has 0 spiro atoms. The molecule has 0 aromatic carbocycles. The number of thiophene rings is 1. The Labute approximate surface area is 143 Å². The molecule has 0 fully saturated rings. The van der Waals surface area contributed by atoms with Crippen molar-refractivity contribution in [2.45, 2.75) is 19.4 Å². The monoisotopic (exact) mass is 350 g/mol. The first-order chi connectivity index (χ1) is 11.5. The second-order valence-electron chi connectivity index (χ2n) is 5.00. The van der Waals surface area contributed by atoms with E-state index in [1.54, 1.807) is 6.92 Å². The first-order valence-corrected chi connectivity index (χ1v) is 8.15. The lowest BCUT2D eigenvalue weighted by Crippen LogP contribution is -2.44. The lowest BCUT2D eigenvalue weighted by atomic mass is 10.2. The van der Waals surface area contributed by atoms with E-state index in [1.165, 1.54) is 17.4 Å². The maximum atomic E-state index is 12.1. The number of amides is 1. The molecule has 1 atom stereocenters. The minimum atomic E-state index is -1.16. The fourth-order valence-electron chi connectivity index (χ4n) is 1.94. The molecule has 0 aliphatic heterocycles. The molecule has 7 nitrogen and oxygen atoms in total. The van der Waals surface area contributed by atoms with E-state index < -0.39 is 17.9 Å². The third kappa shape index (κ3) is 4.77. The largest absolute Gasteiger partial charge is 0.480 e. The number of aromatic nitrogens is 1. The number of aliphatic carboxylic acids is 1. The molecule has 2 aromatic rings. The van der Waals surface area contributed by atoms with Crippen molar-refractivity contribution in [1.82, 2.24) is 10.3 Å². The second kappa shape index (κ2) is 8.42. The topological polar surface area (TPSA) is 102 Å². The Morgan fingerprint density at radius 3 is 3.00 bits per heavy atom. The van der Waals surface area contributed by atoms with Crippen molar-refractivity contribution in [3.63, 3.8) is 0 Å². The smallest absolute Gasteiger partial charge is 0.328 e. The highest BCUT2D eigenvalue weighted by atomic mass is 32.1. The van der Waals surface area contributed by atoms with Crippen molar-refractivity contribution in [2.75, 3.05) is 13.2 Å². The zero-order valence-electron chi connectivity index (χ0n) is 13.2. The minimum absolute atomic E-state index is 0.0648. The van der Waals surface area contributed by atoms with Crippen LogP contribution in [0.2, 0.25) is 0 Å². The molecule has 0 bridgehead atoms. The molecule has 8 heteroatoms. The summed E-state index contributed by atoms with van der Waals surface area (Å²) in [7, 11) is 0. The number of hydrogen-bond acceptors (Lipinski definition) is 6. The number of nitrogens with zero attached hydrogens (tertiary/aromatic N) is 1. The van der Waals surface area contributed by atoms with Crippen molar-refractivity contribution >= 4 is 23.2 Å². The lowest BCUT2D eigenvalue weighted by molar-refractivity contribution is -0.143. The number of carbonyl (C=O) groups is 2. The number of nitrogens with one attached hydrogen (secondary N) is 1. The van der Waals surface area contributed by atoms with Crippen LogP contribution >= 0.6 is 11.3 Å². The summed E-state index contributed by atoms with van der Waals surface area (Å²) < 4.78 is 10.6. The molecule has 2 N–H and O–H groups in total. The lowest BCUT2D eigenvalue weighted by Gasteiger charge is -2.13. The Kier molecular flexibility index (Phi) is 6.28. The Hall–Kier alpha value is -2.45. The molecule has 0 radical (unpaired) electrons. The molecular formula is C16H18N2O5S. The molecule has 2 aromatic heterocycles. The van der Waals surface area contributed by atoms with Crippen LogP contribution in [0.3, 0.4) is 0 Å². The fraction of sp³-hybridized carbons (Fsp3) is 0.312. The van der Waals surface area contributed by atoms with Crippen molar-refractivity contribution < 1.29 is 23.8 Å². The summed E-state index contributed by atoms with van der Waals surface area (Å²) >= 11 is 1.52. The molecule has 24 heavy (non-hydrogen) atoms. The first kappa shape index (κ1) is 17.9. The van der Waals surface area contributed by atoms with E-state index in [0.29, 0.717) is 17.3 Å². The van der Waals surface area contributed by atoms with Gasteiger partial charge in [-0.15, -0.1) is 6.58 Å². The summed E-state index contributed by atoms with van der Waals surface area (Å²) in [6.45, 7) is 5.27. The fourth-order valence-corrected chi connectivity index (χ4v) is 2.57. The van der Waals surface area contributed by atoms with Crippen LogP contribution < -0.4 is 5.32 Å². The molecule has 1 unspecified atom stereocenters. The van der Waals surface area contributed by atoms with Crippen LogP contribution in [0.4, 0.5) is 0 Å². The van der Waals surface area contributed by atoms with Crippen molar-refractivity contribution in [1.29, 1.82) is 0 Å². The van der Waals surface area contributed by atoms with Gasteiger partial charge >= 0.3 is 5.97 Å². The molecule has 0 saturated carbocycles. The number of carboxylic acids is 1. The molecule has 2 rings (SSSR count). The summed E-state index contributed by atoms with van der Waals surface area (Å²) in [5.74, 6) is -0.650. The Morgan fingerprint density at radius 1 is 1.58 bits per heavy atom. The zero-order chi connectivity index (χ0) is 17.5. The predicted octanol–water partition coefficient (Wildman–Crippen LogP) is 2.03. The van der Waals surface area contributed by atoms with Gasteiger partial charge in [0.15, 0.2) is 6.04 Å². The van der Waals surface area contributed by atoms with Gasteiger partial charge in [0.2, 0.25) is 11.8 Å². The van der Waals surface area contributed by atoms with Crippen molar-refractivity contribution in [3.8, 4) is 11.5 Å². The standard InChI is InChI=1S/C16H18N2O5S/c1-3-5-22-8-13(16(20)21)17-14(19)7-12-10(2)23-15(18-12)11-4-6-24-9-11/h3-4,6,9,13H,1,5,7-8H2,2H3,(H,17,19)(H,20,21). The van der Waals surface area contributed by atoms with Crippen LogP contribution in [0.1, 0.15) is 11.5 Å². The number of carboxylic acid groups (broad SMARTS) is 1. The van der Waals surface area contributed by atoms with Crippen LogP contribution in [0.15, 0.2) is 33.9 Å². The summed E-state index contributed by atoms with van der Waals surface area (Å²) in [6, 6.07) is 0.748. The highest BCUT2D eigenvalue weighted by Crippen LogP contribution is 2.23. The Balaban J connectivity index is 1.98. The van der Waals surface area contributed by atoms with Gasteiger partial charge < -0.3 is 19.6 Å². The van der Waals surface area contributed by atoms with Crippen LogP contribution in [0.5, 0.6) is 0 Å². The van der Waals surface area contributed by atoms with Crippen molar-refractivity contribution in [3.05, 3.63) is 40.9 Å². The summed E-state index contributed by atoms with van der Waals surface area (Å²) in [6.07, 6.45) is 1.44. The molecule has 0 saturated heterocycles. The molecule has 0 aliphatic rings. The van der Waals surface area contributed by atoms with Gasteiger partial charge in [-0.2, -0.15) is 11.3 Å². The van der Waals surface area contributed by atoms with E-state index in [2.05, 4.69) is 16.9 Å². The number of oxazole rings is 1. The van der Waals surface area contributed by atoms with E-state index in [0.717, 1.165) is 5.56 Å². The van der Waals surface area contributed by atoms with Gasteiger partial charge in [0.05, 0.1) is 25.3 Å². The number of hydrogen-bond donors (Lipinski definition) is 2. The molecule has 2 heterocycles. The van der Waals surface area contributed by atoms with Crippen LogP contribution in [0, 0.1) is 6.92 Å². The Morgan fingerprint density at radius 2 is 2.38 bits per heavy atom. The van der Waals surface area contributed by atoms with E-state index in [-0.39, 0.29) is 19.6 Å². The first-order valence-electron chi connectivity index (χ1n) is 7.21. The van der Waals surface area contributed by atoms with E-state index in [4.69, 9.17) is 14.3 Å². The normalized spacial score (nSPS) is 11.9. The average Bonchev–Trinajstić information content (AvgIpc) is 3.17. The maximum Gasteiger partial charge on any atom is 0.328 e. The quantitative estimate of drug-likeness (QED) is 0.530. The number of aryl methyl sites for hydroxylation is 1. The molecule has 128 valence electrons. The van der Waals surface area contributed by atoms with Gasteiger partial charge in [0.1, 0.15) is 5.76 Å². The van der Waals surface area contributed by atoms with Gasteiger partial charge in [-0.05, 0) is 18.4 Å². The molecule has 1 amide bonds. The van der Waals surface area contributed by atoms with Gasteiger partial charge in [0, 0.05) is 10.9 Å². The summed E-state index contributed by atoms with van der Waals surface area (Å²) in [5.41, 5.74) is 1.32. The van der Waals surface area contributed by atoms with Crippen LogP contribution in [0.25, 0.3) is 11.5 Å². The van der Waals surface area contributed by atoms with E-state index >= 15 is 0 Å². The molecule has 0 aliphatic carbocycles. The highest BCUT2D eigenvalue weighted by molar-refractivity contribution is 7.08. The number of rotatable bonds is 9. The maximum absolute atomic E-state index is 12.1. The number of ether oxygens (including phenoxy) is 1. The average molecular weight is 350 g/mol. The van der Waals surface area contributed by atoms with Crippen molar-refractivity contribution in [2.24, 2.45) is 0 Å². The SMILES string of the molecule is C=CCOCC(NC(=O)Cc1nc(-c2ccsc2)oc1C)C(=O)O. The molecular weight excluding hydrogens is 332 g/mol. The summed E-state index contributed by atoms with van der Waals surface area (Å²) in [4.78, 5) is 27.5. The van der Waals surface area contributed by atoms with Gasteiger partial charge in [-0.3, -0.25) is 4.79 Å². The van der Waals surface area contributed by atoms with Crippen LogP contribution in [-0.2, 0) is 20.7 Å². The van der Waals surface area contributed by atoms with Gasteiger partial charge in [-0.25, -0.2) is 9.78 Å². The Bertz CT molecular complexity index is 708. The zero-order valence-corrected chi connectivity index (χ0v) is 14.0. The third-order valence-electron chi connectivity index (χ3n) is 3.14. The third-order valence-corrected chi connectivity index (χ3v) is 3.83. The predicted molar refractivity (Wildman–Crippen MR) is 88.8 cm³/mol. The number of carbonyl (C=O) groups excluding carboxylic acids is 1. The van der Waals surface area contributed by atoms with Gasteiger partial charge in [-0.1, -0.05) is 6.08 Å². The summed E-state index contributed by atoms with van der Waals surface area (Å²) in [5, 5.41) is 15.3. The highest BCUT2D eigenvalue weighted by Gasteiger charge is 2.22.